The third-order valence-corrected chi connectivity index (χ3v) is 3.88. The third kappa shape index (κ3) is 2.44. The van der Waals surface area contributed by atoms with Crippen molar-refractivity contribution in [2.24, 2.45) is 11.8 Å². The van der Waals surface area contributed by atoms with E-state index >= 15 is 0 Å². The van der Waals surface area contributed by atoms with Gasteiger partial charge in [0.05, 0.1) is 10.6 Å². The van der Waals surface area contributed by atoms with Crippen LogP contribution in [-0.4, -0.2) is 16.9 Å². The molecule has 0 spiro atoms. The molecule has 1 N–H and O–H groups in total. The summed E-state index contributed by atoms with van der Waals surface area (Å²) in [5.74, 6) is 1.35. The molecule has 0 aromatic carbocycles. The number of carbonyl (C=O) groups is 1. The lowest BCUT2D eigenvalue weighted by atomic mass is 10.1. The molecule has 1 aromatic heterocycles. The van der Waals surface area contributed by atoms with Crippen molar-refractivity contribution >= 4 is 17.5 Å². The van der Waals surface area contributed by atoms with E-state index in [0.717, 1.165) is 0 Å². The quantitative estimate of drug-likeness (QED) is 0.893. The molecule has 1 aromatic rings. The predicted molar refractivity (Wildman–Crippen MR) is 65.9 cm³/mol. The minimum absolute atomic E-state index is 0.0544. The van der Waals surface area contributed by atoms with Gasteiger partial charge in [-0.2, -0.15) is 0 Å². The van der Waals surface area contributed by atoms with Crippen molar-refractivity contribution in [2.45, 2.75) is 31.7 Å². The number of nitrogens with one attached hydrogen (secondary N) is 1. The van der Waals surface area contributed by atoms with Crippen LogP contribution in [0.25, 0.3) is 0 Å². The van der Waals surface area contributed by atoms with Crippen LogP contribution < -0.4 is 5.32 Å². The number of nitrogens with zero attached hydrogens (tertiary/aromatic N) is 1. The van der Waals surface area contributed by atoms with E-state index < -0.39 is 0 Å². The smallest absolute Gasteiger partial charge is 0.253 e. The average molecular weight is 251 g/mol. The molecular formula is C13H15ClN2O. The summed E-state index contributed by atoms with van der Waals surface area (Å²) in [6.45, 7) is 0. The van der Waals surface area contributed by atoms with Gasteiger partial charge in [-0.05, 0) is 43.6 Å². The number of halogens is 1. The summed E-state index contributed by atoms with van der Waals surface area (Å²) in [7, 11) is 0. The Kier molecular flexibility index (Phi) is 2.79. The largest absolute Gasteiger partial charge is 0.349 e. The zero-order chi connectivity index (χ0) is 11.8. The van der Waals surface area contributed by atoms with Crippen LogP contribution >= 0.6 is 11.6 Å². The third-order valence-electron chi connectivity index (χ3n) is 3.57. The van der Waals surface area contributed by atoms with Crippen LogP contribution in [-0.2, 0) is 0 Å². The number of carbonyl (C=O) groups excluding carboxylic acids is 1. The van der Waals surface area contributed by atoms with Gasteiger partial charge in [-0.3, -0.25) is 9.78 Å². The molecule has 0 aliphatic heterocycles. The molecule has 0 bridgehead atoms. The van der Waals surface area contributed by atoms with E-state index in [1.54, 1.807) is 12.3 Å². The molecule has 4 heteroatoms. The molecule has 2 aliphatic rings. The summed E-state index contributed by atoms with van der Waals surface area (Å²) in [4.78, 5) is 16.0. The van der Waals surface area contributed by atoms with Crippen molar-refractivity contribution in [2.75, 3.05) is 0 Å². The average Bonchev–Trinajstić information content (AvgIpc) is 3.16. The highest BCUT2D eigenvalue weighted by Crippen LogP contribution is 2.44. The SMILES string of the molecule is O=C(NC(C1CC1)C1CC1)c1ccncc1Cl. The highest BCUT2D eigenvalue weighted by atomic mass is 35.5. The maximum Gasteiger partial charge on any atom is 0.253 e. The van der Waals surface area contributed by atoms with Gasteiger partial charge in [0.25, 0.3) is 5.91 Å². The fourth-order valence-corrected chi connectivity index (χ4v) is 2.52. The molecule has 1 amide bonds. The Bertz CT molecular complexity index is 429. The molecule has 3 nitrogen and oxygen atoms in total. The van der Waals surface area contributed by atoms with Gasteiger partial charge in [0.1, 0.15) is 0 Å². The Morgan fingerprint density at radius 3 is 2.53 bits per heavy atom. The van der Waals surface area contributed by atoms with Crippen molar-refractivity contribution in [3.63, 3.8) is 0 Å². The number of amides is 1. The van der Waals surface area contributed by atoms with Gasteiger partial charge in [-0.25, -0.2) is 0 Å². The molecule has 1 heterocycles. The van der Waals surface area contributed by atoms with Gasteiger partial charge in [0.2, 0.25) is 0 Å². The molecule has 2 aliphatic carbocycles. The molecule has 90 valence electrons. The second-order valence-corrected chi connectivity index (χ2v) is 5.44. The van der Waals surface area contributed by atoms with Gasteiger partial charge < -0.3 is 5.32 Å². The highest BCUT2D eigenvalue weighted by molar-refractivity contribution is 6.33. The van der Waals surface area contributed by atoms with Crippen LogP contribution in [0.1, 0.15) is 36.0 Å². The Balaban J connectivity index is 1.71. The van der Waals surface area contributed by atoms with Gasteiger partial charge in [-0.15, -0.1) is 0 Å². The lowest BCUT2D eigenvalue weighted by Gasteiger charge is -2.17. The van der Waals surface area contributed by atoms with E-state index in [9.17, 15) is 4.79 Å². The predicted octanol–water partition coefficient (Wildman–Crippen LogP) is 2.65. The first-order valence-electron chi connectivity index (χ1n) is 6.16. The minimum Gasteiger partial charge on any atom is -0.349 e. The van der Waals surface area contributed by atoms with Gasteiger partial charge in [0.15, 0.2) is 0 Å². The normalized spacial score (nSPS) is 19.4. The monoisotopic (exact) mass is 250 g/mol. The summed E-state index contributed by atoms with van der Waals surface area (Å²) >= 11 is 5.97. The van der Waals surface area contributed by atoms with Crippen LogP contribution in [0.4, 0.5) is 0 Å². The lowest BCUT2D eigenvalue weighted by Crippen LogP contribution is -2.38. The molecule has 0 unspecified atom stereocenters. The van der Waals surface area contributed by atoms with E-state index in [2.05, 4.69) is 10.3 Å². The Labute approximate surface area is 106 Å². The Hall–Kier alpha value is -1.09. The number of pyridine rings is 1. The van der Waals surface area contributed by atoms with E-state index in [4.69, 9.17) is 11.6 Å². The van der Waals surface area contributed by atoms with Crippen molar-refractivity contribution in [1.29, 1.82) is 0 Å². The van der Waals surface area contributed by atoms with E-state index in [0.29, 0.717) is 28.5 Å². The molecule has 2 fully saturated rings. The second-order valence-electron chi connectivity index (χ2n) is 5.03. The summed E-state index contributed by atoms with van der Waals surface area (Å²) in [5.41, 5.74) is 0.535. The van der Waals surface area contributed by atoms with E-state index in [1.165, 1.54) is 31.9 Å². The Morgan fingerprint density at radius 2 is 2.00 bits per heavy atom. The van der Waals surface area contributed by atoms with Crippen molar-refractivity contribution in [3.8, 4) is 0 Å². The standard InChI is InChI=1S/C13H15ClN2O/c14-11-7-15-6-5-10(11)13(17)16-12(8-1-2-8)9-3-4-9/h5-9,12H,1-4H2,(H,16,17). The summed E-state index contributed by atoms with van der Waals surface area (Å²) in [6, 6.07) is 2.04. The van der Waals surface area contributed by atoms with Crippen molar-refractivity contribution in [3.05, 3.63) is 29.0 Å². The number of hydrogen-bond donors (Lipinski definition) is 1. The molecule has 0 atom stereocenters. The second kappa shape index (κ2) is 4.30. The minimum atomic E-state index is -0.0544. The molecule has 17 heavy (non-hydrogen) atoms. The maximum atomic E-state index is 12.1. The van der Waals surface area contributed by atoms with Gasteiger partial charge >= 0.3 is 0 Å². The first-order chi connectivity index (χ1) is 8.25. The zero-order valence-electron chi connectivity index (χ0n) is 9.53. The molecule has 3 rings (SSSR count). The van der Waals surface area contributed by atoms with Crippen molar-refractivity contribution < 1.29 is 4.79 Å². The molecule has 0 radical (unpaired) electrons. The summed E-state index contributed by atoms with van der Waals surface area (Å²) in [5, 5.41) is 3.57. The molecular weight excluding hydrogens is 236 g/mol. The van der Waals surface area contributed by atoms with E-state index in [-0.39, 0.29) is 5.91 Å². The van der Waals surface area contributed by atoms with Crippen LogP contribution in [0.5, 0.6) is 0 Å². The summed E-state index contributed by atoms with van der Waals surface area (Å²) in [6.07, 6.45) is 8.14. The number of hydrogen-bond acceptors (Lipinski definition) is 2. The van der Waals surface area contributed by atoms with Gasteiger partial charge in [-0.1, -0.05) is 11.6 Å². The topological polar surface area (TPSA) is 42.0 Å². The molecule has 2 saturated carbocycles. The zero-order valence-corrected chi connectivity index (χ0v) is 10.3. The fraction of sp³-hybridized carbons (Fsp3) is 0.538. The maximum absolute atomic E-state index is 12.1. The number of rotatable bonds is 4. The lowest BCUT2D eigenvalue weighted by molar-refractivity contribution is 0.0926. The van der Waals surface area contributed by atoms with Crippen LogP contribution in [0.15, 0.2) is 18.5 Å². The van der Waals surface area contributed by atoms with Crippen LogP contribution in [0.2, 0.25) is 5.02 Å². The fourth-order valence-electron chi connectivity index (χ4n) is 2.32. The van der Waals surface area contributed by atoms with Crippen LogP contribution in [0, 0.1) is 11.8 Å². The van der Waals surface area contributed by atoms with Crippen molar-refractivity contribution in [1.82, 2.24) is 10.3 Å². The molecule has 0 saturated heterocycles. The highest BCUT2D eigenvalue weighted by Gasteiger charge is 2.42. The number of aromatic nitrogens is 1. The van der Waals surface area contributed by atoms with E-state index in [1.807, 2.05) is 0 Å². The first kappa shape index (κ1) is 11.0. The Morgan fingerprint density at radius 1 is 1.35 bits per heavy atom. The summed E-state index contributed by atoms with van der Waals surface area (Å²) < 4.78 is 0. The van der Waals surface area contributed by atoms with Gasteiger partial charge in [0, 0.05) is 18.4 Å². The first-order valence-corrected chi connectivity index (χ1v) is 6.54. The van der Waals surface area contributed by atoms with Crippen LogP contribution in [0.3, 0.4) is 0 Å².